The van der Waals surface area contributed by atoms with Gasteiger partial charge in [-0.2, -0.15) is 0 Å². The molecule has 11 aromatic rings. The van der Waals surface area contributed by atoms with Crippen LogP contribution in [-0.2, 0) is 0 Å². The SMILES string of the molecule is [2H]c1c([2H])c([2H])c(-c2nc(-c3cccc4oc5ccccc5c34)nc(-c3cccc4oc5c(-n6c7ccccc7c7ccccc76)cccc5c34)n2)c([2H])c1[2H]. The lowest BCUT2D eigenvalue weighted by molar-refractivity contribution is 0.666. The molecule has 6 nitrogen and oxygen atoms in total. The van der Waals surface area contributed by atoms with Crippen molar-refractivity contribution in [2.45, 2.75) is 0 Å². The van der Waals surface area contributed by atoms with E-state index in [1.807, 2.05) is 97.1 Å². The molecule has 0 aliphatic heterocycles. The normalized spacial score (nSPS) is 13.3. The third-order valence-corrected chi connectivity index (χ3v) is 9.57. The van der Waals surface area contributed by atoms with Crippen LogP contribution >= 0.6 is 0 Å². The molecule has 4 aromatic heterocycles. The van der Waals surface area contributed by atoms with Gasteiger partial charge in [0.15, 0.2) is 23.1 Å². The van der Waals surface area contributed by atoms with Gasteiger partial charge in [-0.15, -0.1) is 0 Å². The van der Waals surface area contributed by atoms with Crippen molar-refractivity contribution < 1.29 is 15.7 Å². The predicted molar refractivity (Wildman–Crippen MR) is 205 cm³/mol. The van der Waals surface area contributed by atoms with Crippen LogP contribution in [0.3, 0.4) is 0 Å². The zero-order valence-corrected chi connectivity index (χ0v) is 26.7. The van der Waals surface area contributed by atoms with Gasteiger partial charge in [-0.1, -0.05) is 121 Å². The highest BCUT2D eigenvalue weighted by Crippen LogP contribution is 2.42. The Bertz CT molecular complexity index is 3380. The van der Waals surface area contributed by atoms with Gasteiger partial charge in [-0.05, 0) is 36.4 Å². The molecule has 0 saturated heterocycles. The topological polar surface area (TPSA) is 69.9 Å². The summed E-state index contributed by atoms with van der Waals surface area (Å²) in [5.74, 6) is 0.449. The molecule has 0 atom stereocenters. The molecule has 51 heavy (non-hydrogen) atoms. The third-order valence-electron chi connectivity index (χ3n) is 9.57. The molecule has 0 bridgehead atoms. The lowest BCUT2D eigenvalue weighted by Gasteiger charge is -2.10. The first-order valence-corrected chi connectivity index (χ1v) is 16.5. The monoisotopic (exact) mass is 659 g/mol. The Morgan fingerprint density at radius 2 is 0.980 bits per heavy atom. The molecular formula is C45H26N4O2. The summed E-state index contributed by atoms with van der Waals surface area (Å²) in [6.45, 7) is 0. The maximum atomic E-state index is 8.85. The van der Waals surface area contributed by atoms with Crippen LogP contribution in [0.15, 0.2) is 166 Å². The number of rotatable bonds is 4. The van der Waals surface area contributed by atoms with Crippen LogP contribution in [0, 0.1) is 0 Å². The van der Waals surface area contributed by atoms with Crippen LogP contribution in [0.25, 0.3) is 106 Å². The maximum absolute atomic E-state index is 8.85. The van der Waals surface area contributed by atoms with Crippen LogP contribution in [0.5, 0.6) is 0 Å². The smallest absolute Gasteiger partial charge is 0.164 e. The first-order chi connectivity index (χ1) is 27.4. The lowest BCUT2D eigenvalue weighted by atomic mass is 10.0. The molecule has 7 aromatic carbocycles. The van der Waals surface area contributed by atoms with Crippen LogP contribution in [0.4, 0.5) is 0 Å². The van der Waals surface area contributed by atoms with E-state index in [0.717, 1.165) is 49.0 Å². The highest BCUT2D eigenvalue weighted by atomic mass is 16.3. The van der Waals surface area contributed by atoms with E-state index in [0.29, 0.717) is 33.5 Å². The lowest BCUT2D eigenvalue weighted by Crippen LogP contribution is -2.00. The largest absolute Gasteiger partial charge is 0.456 e. The number of furan rings is 2. The van der Waals surface area contributed by atoms with Gasteiger partial charge in [-0.25, -0.2) is 15.0 Å². The molecule has 0 spiro atoms. The number of hydrogen-bond acceptors (Lipinski definition) is 5. The van der Waals surface area contributed by atoms with Gasteiger partial charge in [-0.3, -0.25) is 0 Å². The predicted octanol–water partition coefficient (Wildman–Crippen LogP) is 11.8. The van der Waals surface area contributed by atoms with E-state index in [9.17, 15) is 0 Å². The number of fused-ring (bicyclic) bond motifs is 9. The molecule has 0 aliphatic carbocycles. The summed E-state index contributed by atoms with van der Waals surface area (Å²) in [7, 11) is 0. The second kappa shape index (κ2) is 10.7. The van der Waals surface area contributed by atoms with Gasteiger partial charge in [0, 0.05) is 49.0 Å². The zero-order chi connectivity index (χ0) is 37.8. The molecule has 6 heteroatoms. The summed E-state index contributed by atoms with van der Waals surface area (Å²) in [6, 6.07) is 39.5. The van der Waals surface area contributed by atoms with E-state index in [1.54, 1.807) is 0 Å². The van der Waals surface area contributed by atoms with Crippen molar-refractivity contribution in [3.8, 4) is 39.9 Å². The second-order valence-electron chi connectivity index (χ2n) is 12.4. The van der Waals surface area contributed by atoms with E-state index in [-0.39, 0.29) is 23.0 Å². The summed E-state index contributed by atoms with van der Waals surface area (Å²) < 4.78 is 58.0. The highest BCUT2D eigenvalue weighted by Gasteiger charge is 2.22. The molecule has 238 valence electrons. The Hall–Kier alpha value is -7.05. The second-order valence-corrected chi connectivity index (χ2v) is 12.4. The quantitative estimate of drug-likeness (QED) is 0.188. The minimum absolute atomic E-state index is 0.0532. The first-order valence-electron chi connectivity index (χ1n) is 19.0. The minimum Gasteiger partial charge on any atom is -0.456 e. The maximum Gasteiger partial charge on any atom is 0.164 e. The number of benzene rings is 7. The Balaban J connectivity index is 1.22. The molecule has 0 saturated carbocycles. The average molecular weight is 660 g/mol. The fourth-order valence-electron chi connectivity index (χ4n) is 7.43. The summed E-state index contributed by atoms with van der Waals surface area (Å²) in [4.78, 5) is 14.8. The van der Waals surface area contributed by atoms with E-state index in [4.69, 9.17) is 30.6 Å². The van der Waals surface area contributed by atoms with Crippen molar-refractivity contribution in [2.24, 2.45) is 0 Å². The van der Waals surface area contributed by atoms with E-state index >= 15 is 0 Å². The minimum atomic E-state index is -0.499. The summed E-state index contributed by atoms with van der Waals surface area (Å²) in [5, 5.41) is 5.52. The van der Waals surface area contributed by atoms with Crippen LogP contribution in [0.2, 0.25) is 0 Å². The molecule has 0 fully saturated rings. The van der Waals surface area contributed by atoms with Gasteiger partial charge in [0.1, 0.15) is 16.7 Å². The van der Waals surface area contributed by atoms with Crippen molar-refractivity contribution in [3.05, 3.63) is 158 Å². The molecular weight excluding hydrogens is 629 g/mol. The van der Waals surface area contributed by atoms with Crippen LogP contribution in [-0.4, -0.2) is 19.5 Å². The molecule has 0 N–H and O–H groups in total. The van der Waals surface area contributed by atoms with Gasteiger partial charge in [0.2, 0.25) is 0 Å². The van der Waals surface area contributed by atoms with Gasteiger partial charge >= 0.3 is 0 Å². The Kier molecular flexibility index (Phi) is 4.91. The fourth-order valence-corrected chi connectivity index (χ4v) is 7.43. The van der Waals surface area contributed by atoms with Crippen LogP contribution < -0.4 is 0 Å². The van der Waals surface area contributed by atoms with Crippen molar-refractivity contribution in [1.29, 1.82) is 0 Å². The number of para-hydroxylation sites is 4. The third kappa shape index (κ3) is 4.14. The Labute approximate surface area is 297 Å². The van der Waals surface area contributed by atoms with E-state index in [2.05, 4.69) is 34.9 Å². The van der Waals surface area contributed by atoms with E-state index < -0.39 is 30.2 Å². The standard InChI is InChI=1S/C45H26N4O2/c1-2-13-27(14-3-1)43-46-44(32-19-11-25-38-40(32)30-17-6-9-24-37(30)50-38)48-45(47-43)33-20-12-26-39-41(33)31-18-10-23-36(42(31)51-39)49-34-21-7-4-15-28(34)29-16-5-8-22-35(29)49/h1-26H/i1D,2D,3D,13D,14D. The van der Waals surface area contributed by atoms with E-state index in [1.165, 1.54) is 0 Å². The number of aromatic nitrogens is 4. The van der Waals surface area contributed by atoms with Gasteiger partial charge in [0.05, 0.1) is 23.6 Å². The Morgan fingerprint density at radius 1 is 0.451 bits per heavy atom. The molecule has 0 aliphatic rings. The first kappa shape index (κ1) is 23.3. The summed E-state index contributed by atoms with van der Waals surface area (Å²) in [5.41, 5.74) is 6.74. The molecule has 11 rings (SSSR count). The summed E-state index contributed by atoms with van der Waals surface area (Å²) in [6.07, 6.45) is 0. The molecule has 4 heterocycles. The van der Waals surface area contributed by atoms with Crippen LogP contribution in [0.1, 0.15) is 6.85 Å². The number of hydrogen-bond donors (Lipinski definition) is 0. The Morgan fingerprint density at radius 3 is 1.69 bits per heavy atom. The number of nitrogens with zero attached hydrogens (tertiary/aromatic N) is 4. The highest BCUT2D eigenvalue weighted by molar-refractivity contribution is 6.16. The van der Waals surface area contributed by atoms with Crippen molar-refractivity contribution >= 4 is 65.7 Å². The van der Waals surface area contributed by atoms with Crippen molar-refractivity contribution in [3.63, 3.8) is 0 Å². The van der Waals surface area contributed by atoms with Gasteiger partial charge in [0.25, 0.3) is 0 Å². The van der Waals surface area contributed by atoms with Crippen molar-refractivity contribution in [1.82, 2.24) is 19.5 Å². The molecule has 0 radical (unpaired) electrons. The fraction of sp³-hybridized carbons (Fsp3) is 0. The zero-order valence-electron chi connectivity index (χ0n) is 31.7. The summed E-state index contributed by atoms with van der Waals surface area (Å²) >= 11 is 0. The van der Waals surface area contributed by atoms with Crippen molar-refractivity contribution in [2.75, 3.05) is 0 Å². The van der Waals surface area contributed by atoms with Gasteiger partial charge < -0.3 is 13.4 Å². The molecule has 0 unspecified atom stereocenters. The molecule has 0 amide bonds. The average Bonchev–Trinajstić information content (AvgIpc) is 3.92.